The topological polar surface area (TPSA) is 64.7 Å². The molecular formula is C17H25N5O. The number of rotatable bonds is 6. The first-order valence-electron chi connectivity index (χ1n) is 8.24. The summed E-state index contributed by atoms with van der Waals surface area (Å²) in [5, 5.41) is 7.66. The molecule has 2 aromatic rings. The minimum Gasteiger partial charge on any atom is -0.346 e. The molecule has 0 aliphatic heterocycles. The maximum absolute atomic E-state index is 12.4. The fraction of sp³-hybridized carbons (Fsp3) is 0.588. The van der Waals surface area contributed by atoms with Gasteiger partial charge in [0, 0.05) is 38.1 Å². The van der Waals surface area contributed by atoms with Crippen LogP contribution >= 0.6 is 0 Å². The molecule has 2 heterocycles. The van der Waals surface area contributed by atoms with Crippen LogP contribution in [0.4, 0.5) is 0 Å². The van der Waals surface area contributed by atoms with Crippen LogP contribution in [0.3, 0.4) is 0 Å². The molecule has 0 spiro atoms. The molecule has 1 atom stereocenters. The van der Waals surface area contributed by atoms with E-state index in [2.05, 4.69) is 22.3 Å². The Morgan fingerprint density at radius 2 is 2.13 bits per heavy atom. The van der Waals surface area contributed by atoms with Crippen molar-refractivity contribution in [2.45, 2.75) is 52.6 Å². The molecule has 124 valence electrons. The number of imidazole rings is 1. The fourth-order valence-corrected chi connectivity index (χ4v) is 2.96. The van der Waals surface area contributed by atoms with Gasteiger partial charge in [0.05, 0.1) is 11.7 Å². The highest BCUT2D eigenvalue weighted by Gasteiger charge is 2.35. The molecule has 23 heavy (non-hydrogen) atoms. The van der Waals surface area contributed by atoms with Gasteiger partial charge in [0.25, 0.3) is 0 Å². The Labute approximate surface area is 136 Å². The molecule has 6 heteroatoms. The van der Waals surface area contributed by atoms with Gasteiger partial charge in [-0.05, 0) is 45.1 Å². The number of nitrogens with zero attached hydrogens (tertiary/aromatic N) is 4. The van der Waals surface area contributed by atoms with Gasteiger partial charge in [-0.25, -0.2) is 4.98 Å². The summed E-state index contributed by atoms with van der Waals surface area (Å²) >= 11 is 0. The zero-order valence-electron chi connectivity index (χ0n) is 14.3. The highest BCUT2D eigenvalue weighted by atomic mass is 16.1. The minimum absolute atomic E-state index is 0.0321. The van der Waals surface area contributed by atoms with Crippen molar-refractivity contribution in [3.63, 3.8) is 0 Å². The third-order valence-corrected chi connectivity index (χ3v) is 4.84. The van der Waals surface area contributed by atoms with Crippen LogP contribution in [0.15, 0.2) is 12.4 Å². The first-order chi connectivity index (χ1) is 11.0. The van der Waals surface area contributed by atoms with Crippen LogP contribution in [-0.2, 0) is 18.4 Å². The molecule has 1 fully saturated rings. The van der Waals surface area contributed by atoms with Crippen LogP contribution in [0, 0.1) is 26.7 Å². The van der Waals surface area contributed by atoms with Crippen LogP contribution in [0.1, 0.15) is 48.1 Å². The van der Waals surface area contributed by atoms with E-state index in [1.165, 1.54) is 5.56 Å². The molecule has 1 aliphatic rings. The van der Waals surface area contributed by atoms with E-state index in [0.717, 1.165) is 30.1 Å². The summed E-state index contributed by atoms with van der Waals surface area (Å²) in [6, 6.07) is 0.0321. The van der Waals surface area contributed by atoms with E-state index in [9.17, 15) is 4.79 Å². The minimum atomic E-state index is 0.0321. The Balaban J connectivity index is 1.62. The SMILES string of the molecule is Cc1nn(CCC(=O)N[C@H](c2nccn2C)C2CC2)c(C)c1C. The predicted molar refractivity (Wildman–Crippen MR) is 87.9 cm³/mol. The van der Waals surface area contributed by atoms with Crippen molar-refractivity contribution < 1.29 is 4.79 Å². The molecule has 0 bridgehead atoms. The van der Waals surface area contributed by atoms with Crippen molar-refractivity contribution in [1.29, 1.82) is 0 Å². The summed E-state index contributed by atoms with van der Waals surface area (Å²) in [6.45, 7) is 6.74. The molecule has 1 N–H and O–H groups in total. The first kappa shape index (κ1) is 15.8. The van der Waals surface area contributed by atoms with Gasteiger partial charge in [0.2, 0.25) is 5.91 Å². The molecular weight excluding hydrogens is 290 g/mol. The molecule has 1 saturated carbocycles. The van der Waals surface area contributed by atoms with Crippen LogP contribution < -0.4 is 5.32 Å². The van der Waals surface area contributed by atoms with Crippen molar-refractivity contribution in [3.05, 3.63) is 35.2 Å². The van der Waals surface area contributed by atoms with Gasteiger partial charge < -0.3 is 9.88 Å². The lowest BCUT2D eigenvalue weighted by Crippen LogP contribution is -2.32. The first-order valence-corrected chi connectivity index (χ1v) is 8.24. The largest absolute Gasteiger partial charge is 0.346 e. The van der Waals surface area contributed by atoms with E-state index in [-0.39, 0.29) is 11.9 Å². The summed E-state index contributed by atoms with van der Waals surface area (Å²) in [6.07, 6.45) is 6.48. The standard InChI is InChI=1S/C17H25N5O/c1-11-12(2)20-22(13(11)3)9-7-15(23)19-16(14-5-6-14)17-18-8-10-21(17)4/h8,10,14,16H,5-7,9H2,1-4H3,(H,19,23)/t16-/m0/s1. The lowest BCUT2D eigenvalue weighted by Gasteiger charge is -2.18. The second-order valence-electron chi connectivity index (χ2n) is 6.55. The monoisotopic (exact) mass is 315 g/mol. The number of hydrogen-bond donors (Lipinski definition) is 1. The summed E-state index contributed by atoms with van der Waals surface area (Å²) in [5.41, 5.74) is 3.37. The third kappa shape index (κ3) is 3.30. The van der Waals surface area contributed by atoms with Crippen LogP contribution in [0.25, 0.3) is 0 Å². The van der Waals surface area contributed by atoms with E-state index < -0.39 is 0 Å². The number of carbonyl (C=O) groups is 1. The van der Waals surface area contributed by atoms with Gasteiger partial charge in [-0.2, -0.15) is 5.10 Å². The molecule has 0 unspecified atom stereocenters. The average molecular weight is 315 g/mol. The lowest BCUT2D eigenvalue weighted by molar-refractivity contribution is -0.122. The summed E-state index contributed by atoms with van der Waals surface area (Å²) in [4.78, 5) is 16.8. The quantitative estimate of drug-likeness (QED) is 0.889. The van der Waals surface area contributed by atoms with E-state index >= 15 is 0 Å². The van der Waals surface area contributed by atoms with Gasteiger partial charge in [0.15, 0.2) is 0 Å². The molecule has 6 nitrogen and oxygen atoms in total. The van der Waals surface area contributed by atoms with Crippen molar-refractivity contribution in [3.8, 4) is 0 Å². The normalized spacial score (nSPS) is 15.7. The second kappa shape index (κ2) is 6.18. The van der Waals surface area contributed by atoms with E-state index in [1.807, 2.05) is 36.3 Å². The lowest BCUT2D eigenvalue weighted by atomic mass is 10.1. The fourth-order valence-electron chi connectivity index (χ4n) is 2.96. The molecule has 0 aromatic carbocycles. The van der Waals surface area contributed by atoms with E-state index in [0.29, 0.717) is 18.9 Å². The summed E-state index contributed by atoms with van der Waals surface area (Å²) in [5.74, 6) is 1.54. The molecule has 1 amide bonds. The third-order valence-electron chi connectivity index (χ3n) is 4.84. The van der Waals surface area contributed by atoms with Gasteiger partial charge >= 0.3 is 0 Å². The Hall–Kier alpha value is -2.11. The molecule has 0 saturated heterocycles. The summed E-state index contributed by atoms with van der Waals surface area (Å²) < 4.78 is 3.92. The predicted octanol–water partition coefficient (Wildman–Crippen LogP) is 2.20. The second-order valence-corrected chi connectivity index (χ2v) is 6.55. The van der Waals surface area contributed by atoms with Crippen molar-refractivity contribution in [2.24, 2.45) is 13.0 Å². The van der Waals surface area contributed by atoms with Crippen molar-refractivity contribution in [1.82, 2.24) is 24.6 Å². The van der Waals surface area contributed by atoms with Crippen LogP contribution in [-0.4, -0.2) is 25.2 Å². The number of carbonyl (C=O) groups excluding carboxylic acids is 1. The van der Waals surface area contributed by atoms with Crippen molar-refractivity contribution in [2.75, 3.05) is 0 Å². The number of hydrogen-bond acceptors (Lipinski definition) is 3. The maximum atomic E-state index is 12.4. The van der Waals surface area contributed by atoms with E-state index in [1.54, 1.807) is 6.20 Å². The zero-order chi connectivity index (χ0) is 16.6. The van der Waals surface area contributed by atoms with E-state index in [4.69, 9.17) is 0 Å². The Morgan fingerprint density at radius 3 is 2.65 bits per heavy atom. The van der Waals surface area contributed by atoms with Crippen LogP contribution in [0.5, 0.6) is 0 Å². The molecule has 2 aromatic heterocycles. The van der Waals surface area contributed by atoms with Gasteiger partial charge in [-0.1, -0.05) is 0 Å². The maximum Gasteiger partial charge on any atom is 0.222 e. The van der Waals surface area contributed by atoms with Gasteiger partial charge in [-0.15, -0.1) is 0 Å². The highest BCUT2D eigenvalue weighted by Crippen LogP contribution is 2.40. The summed E-state index contributed by atoms with van der Waals surface area (Å²) in [7, 11) is 1.97. The Bertz CT molecular complexity index is 711. The van der Waals surface area contributed by atoms with Crippen molar-refractivity contribution >= 4 is 5.91 Å². The zero-order valence-corrected chi connectivity index (χ0v) is 14.3. The molecule has 1 aliphatic carbocycles. The molecule has 0 radical (unpaired) electrons. The van der Waals surface area contributed by atoms with Crippen LogP contribution in [0.2, 0.25) is 0 Å². The number of amides is 1. The number of aromatic nitrogens is 4. The highest BCUT2D eigenvalue weighted by molar-refractivity contribution is 5.76. The van der Waals surface area contributed by atoms with Gasteiger partial charge in [0.1, 0.15) is 5.82 Å². The van der Waals surface area contributed by atoms with Gasteiger partial charge in [-0.3, -0.25) is 9.48 Å². The Kier molecular flexibility index (Phi) is 4.24. The number of nitrogens with one attached hydrogen (secondary N) is 1. The number of aryl methyl sites for hydroxylation is 3. The Morgan fingerprint density at radius 1 is 1.39 bits per heavy atom. The molecule has 3 rings (SSSR count). The smallest absolute Gasteiger partial charge is 0.222 e. The average Bonchev–Trinajstić information content (AvgIpc) is 3.23.